The summed E-state index contributed by atoms with van der Waals surface area (Å²) in [6.45, 7) is 2.39. The highest BCUT2D eigenvalue weighted by Gasteiger charge is 2.25. The number of nitrogens with one attached hydrogen (secondary N) is 1. The standard InChI is InChI=1S/C13H16BrN3OS/c14-10-7-12(19-9-10)8-15-3-4-16-5-6-17(13(16)18)11-1-2-11/h5-7,9,11,15H,1-4,8H2. The monoisotopic (exact) mass is 341 g/mol. The molecule has 102 valence electrons. The molecule has 0 saturated heterocycles. The van der Waals surface area contributed by atoms with E-state index in [4.69, 9.17) is 0 Å². The Morgan fingerprint density at radius 1 is 1.42 bits per heavy atom. The molecular formula is C13H16BrN3OS. The Kier molecular flexibility index (Phi) is 3.91. The van der Waals surface area contributed by atoms with Crippen LogP contribution in [0.1, 0.15) is 23.8 Å². The zero-order valence-corrected chi connectivity index (χ0v) is 12.9. The van der Waals surface area contributed by atoms with Crippen LogP contribution in [-0.4, -0.2) is 15.7 Å². The minimum absolute atomic E-state index is 0.128. The Hall–Kier alpha value is -0.850. The van der Waals surface area contributed by atoms with Gasteiger partial charge in [0.05, 0.1) is 0 Å². The Bertz CT molecular complexity index is 611. The van der Waals surface area contributed by atoms with Gasteiger partial charge in [-0.2, -0.15) is 0 Å². The first-order chi connectivity index (χ1) is 9.24. The van der Waals surface area contributed by atoms with Gasteiger partial charge >= 0.3 is 5.69 Å². The van der Waals surface area contributed by atoms with Gasteiger partial charge in [-0.25, -0.2) is 4.79 Å². The van der Waals surface area contributed by atoms with E-state index in [2.05, 4.69) is 32.7 Å². The Balaban J connectivity index is 1.48. The second kappa shape index (κ2) is 5.64. The van der Waals surface area contributed by atoms with E-state index >= 15 is 0 Å². The quantitative estimate of drug-likeness (QED) is 0.820. The Morgan fingerprint density at radius 3 is 2.95 bits per heavy atom. The Labute approximate surface area is 124 Å². The van der Waals surface area contributed by atoms with Crippen LogP contribution in [0.25, 0.3) is 0 Å². The number of aromatic nitrogens is 2. The Morgan fingerprint density at radius 2 is 2.26 bits per heavy atom. The second-order valence-corrected chi connectivity index (χ2v) is 6.73. The molecule has 4 nitrogen and oxygen atoms in total. The first-order valence-electron chi connectivity index (χ1n) is 6.45. The molecule has 3 rings (SSSR count). The molecule has 2 heterocycles. The summed E-state index contributed by atoms with van der Waals surface area (Å²) < 4.78 is 4.78. The van der Waals surface area contributed by atoms with Crippen LogP contribution in [0.2, 0.25) is 0 Å². The van der Waals surface area contributed by atoms with Crippen molar-refractivity contribution in [1.29, 1.82) is 0 Å². The second-order valence-electron chi connectivity index (χ2n) is 4.82. The van der Waals surface area contributed by atoms with Gasteiger partial charge in [0.2, 0.25) is 0 Å². The molecule has 0 spiro atoms. The molecule has 0 amide bonds. The molecule has 1 N–H and O–H groups in total. The van der Waals surface area contributed by atoms with E-state index in [9.17, 15) is 4.79 Å². The third kappa shape index (κ3) is 3.19. The molecule has 0 radical (unpaired) electrons. The minimum atomic E-state index is 0.128. The molecule has 0 unspecified atom stereocenters. The molecule has 1 saturated carbocycles. The van der Waals surface area contributed by atoms with Crippen molar-refractivity contribution >= 4 is 27.3 Å². The number of nitrogens with zero attached hydrogens (tertiary/aromatic N) is 2. The van der Waals surface area contributed by atoms with Crippen molar-refractivity contribution in [1.82, 2.24) is 14.5 Å². The summed E-state index contributed by atoms with van der Waals surface area (Å²) in [6, 6.07) is 2.58. The van der Waals surface area contributed by atoms with Crippen molar-refractivity contribution in [3.8, 4) is 0 Å². The molecule has 1 aliphatic carbocycles. The molecule has 19 heavy (non-hydrogen) atoms. The summed E-state index contributed by atoms with van der Waals surface area (Å²) >= 11 is 5.18. The molecular weight excluding hydrogens is 326 g/mol. The van der Waals surface area contributed by atoms with Crippen LogP contribution in [-0.2, 0) is 13.1 Å². The van der Waals surface area contributed by atoms with Gasteiger partial charge in [-0.1, -0.05) is 0 Å². The van der Waals surface area contributed by atoms with Gasteiger partial charge in [-0.15, -0.1) is 11.3 Å². The van der Waals surface area contributed by atoms with E-state index < -0.39 is 0 Å². The molecule has 2 aromatic heterocycles. The SMILES string of the molecule is O=c1n(CCNCc2cc(Br)cs2)ccn1C1CC1. The first kappa shape index (κ1) is 13.1. The highest BCUT2D eigenvalue weighted by molar-refractivity contribution is 9.10. The molecule has 1 aliphatic rings. The first-order valence-corrected chi connectivity index (χ1v) is 8.12. The number of rotatable bonds is 6. The van der Waals surface area contributed by atoms with Gasteiger partial charge in [0, 0.05) is 52.8 Å². The van der Waals surface area contributed by atoms with E-state index in [1.54, 1.807) is 15.9 Å². The zero-order chi connectivity index (χ0) is 13.2. The van der Waals surface area contributed by atoms with Gasteiger partial charge in [0.1, 0.15) is 0 Å². The average Bonchev–Trinajstić information content (AvgIpc) is 3.05. The van der Waals surface area contributed by atoms with Gasteiger partial charge in [-0.3, -0.25) is 9.13 Å². The van der Waals surface area contributed by atoms with Crippen LogP contribution < -0.4 is 11.0 Å². The smallest absolute Gasteiger partial charge is 0.310 e. The number of hydrogen-bond acceptors (Lipinski definition) is 3. The van der Waals surface area contributed by atoms with Crippen molar-refractivity contribution in [2.24, 2.45) is 0 Å². The number of hydrogen-bond donors (Lipinski definition) is 1. The predicted octanol–water partition coefficient (Wildman–Crippen LogP) is 2.60. The number of halogens is 1. The minimum Gasteiger partial charge on any atom is -0.310 e. The lowest BCUT2D eigenvalue weighted by molar-refractivity contribution is 0.570. The van der Waals surface area contributed by atoms with Crippen molar-refractivity contribution < 1.29 is 0 Å². The lowest BCUT2D eigenvalue weighted by atomic mass is 10.4. The summed E-state index contributed by atoms with van der Waals surface area (Å²) in [6.07, 6.45) is 6.10. The fraction of sp³-hybridized carbons (Fsp3) is 0.462. The third-order valence-electron chi connectivity index (χ3n) is 3.26. The van der Waals surface area contributed by atoms with Crippen LogP contribution in [0.3, 0.4) is 0 Å². The summed E-state index contributed by atoms with van der Waals surface area (Å²) in [5.41, 5.74) is 0.128. The highest BCUT2D eigenvalue weighted by atomic mass is 79.9. The lowest BCUT2D eigenvalue weighted by Gasteiger charge is -2.03. The lowest BCUT2D eigenvalue weighted by Crippen LogP contribution is -2.28. The summed E-state index contributed by atoms with van der Waals surface area (Å²) in [5, 5.41) is 5.45. The largest absolute Gasteiger partial charge is 0.328 e. The number of thiophene rings is 1. The van der Waals surface area contributed by atoms with Gasteiger partial charge in [-0.05, 0) is 34.8 Å². The van der Waals surface area contributed by atoms with Gasteiger partial charge in [0.15, 0.2) is 0 Å². The van der Waals surface area contributed by atoms with Crippen LogP contribution in [0, 0.1) is 0 Å². The predicted molar refractivity (Wildman–Crippen MR) is 80.7 cm³/mol. The summed E-state index contributed by atoms with van der Waals surface area (Å²) in [4.78, 5) is 13.3. The van der Waals surface area contributed by atoms with Crippen LogP contribution in [0.4, 0.5) is 0 Å². The molecule has 1 fully saturated rings. The average molecular weight is 342 g/mol. The van der Waals surface area contributed by atoms with Crippen molar-refractivity contribution in [3.05, 3.63) is 43.7 Å². The molecule has 0 aromatic carbocycles. The van der Waals surface area contributed by atoms with E-state index in [0.717, 1.165) is 36.9 Å². The van der Waals surface area contributed by atoms with Crippen molar-refractivity contribution in [3.63, 3.8) is 0 Å². The molecule has 0 bridgehead atoms. The fourth-order valence-electron chi connectivity index (χ4n) is 2.09. The highest BCUT2D eigenvalue weighted by Crippen LogP contribution is 2.33. The number of imidazole rings is 1. The maximum atomic E-state index is 12.0. The van der Waals surface area contributed by atoms with Gasteiger partial charge in [0.25, 0.3) is 0 Å². The van der Waals surface area contributed by atoms with Gasteiger partial charge < -0.3 is 5.32 Å². The van der Waals surface area contributed by atoms with Crippen LogP contribution in [0.15, 0.2) is 33.1 Å². The zero-order valence-electron chi connectivity index (χ0n) is 10.5. The molecule has 0 aliphatic heterocycles. The summed E-state index contributed by atoms with van der Waals surface area (Å²) in [7, 11) is 0. The van der Waals surface area contributed by atoms with Crippen molar-refractivity contribution in [2.45, 2.75) is 32.0 Å². The third-order valence-corrected chi connectivity index (χ3v) is 4.96. The van der Waals surface area contributed by atoms with E-state index in [-0.39, 0.29) is 5.69 Å². The molecule has 2 aromatic rings. The molecule has 6 heteroatoms. The van der Waals surface area contributed by atoms with E-state index in [0.29, 0.717) is 6.04 Å². The normalized spacial score (nSPS) is 15.0. The van der Waals surface area contributed by atoms with E-state index in [1.165, 1.54) is 4.88 Å². The maximum absolute atomic E-state index is 12.0. The van der Waals surface area contributed by atoms with Crippen LogP contribution in [0.5, 0.6) is 0 Å². The fourth-order valence-corrected chi connectivity index (χ4v) is 3.51. The summed E-state index contributed by atoms with van der Waals surface area (Å²) in [5.74, 6) is 0. The van der Waals surface area contributed by atoms with E-state index in [1.807, 2.05) is 17.0 Å². The van der Waals surface area contributed by atoms with Crippen molar-refractivity contribution in [2.75, 3.05) is 6.54 Å². The molecule has 0 atom stereocenters. The maximum Gasteiger partial charge on any atom is 0.328 e. The topological polar surface area (TPSA) is 39.0 Å². The van der Waals surface area contributed by atoms with Crippen LogP contribution >= 0.6 is 27.3 Å².